The van der Waals surface area contributed by atoms with E-state index in [9.17, 15) is 30.9 Å². The summed E-state index contributed by atoms with van der Waals surface area (Å²) in [6.45, 7) is 1.79. The summed E-state index contributed by atoms with van der Waals surface area (Å²) in [7, 11) is 0. The molecule has 1 atom stereocenters. The molecular formula is C28H16N4O2. The molecule has 0 amide bonds. The summed E-state index contributed by atoms with van der Waals surface area (Å²) in [4.78, 5) is 13.4. The van der Waals surface area contributed by atoms with Crippen LogP contribution in [-0.4, -0.2) is 10.9 Å². The van der Waals surface area contributed by atoms with Gasteiger partial charge in [-0.3, -0.25) is 4.79 Å². The number of aliphatic hydroxyl groups is 1. The highest BCUT2D eigenvalue weighted by atomic mass is 16.3. The second kappa shape index (κ2) is 8.40. The van der Waals surface area contributed by atoms with E-state index in [-0.39, 0.29) is 33.8 Å². The van der Waals surface area contributed by atoms with Gasteiger partial charge >= 0.3 is 0 Å². The molecule has 6 nitrogen and oxygen atoms in total. The summed E-state index contributed by atoms with van der Waals surface area (Å²) in [5.41, 5.74) is 1.65. The zero-order chi connectivity index (χ0) is 24.5. The Morgan fingerprint density at radius 2 is 1.62 bits per heavy atom. The topological polar surface area (TPSA) is 132 Å². The largest absolute Gasteiger partial charge is 0.507 e. The Labute approximate surface area is 196 Å². The molecule has 0 aliphatic heterocycles. The highest BCUT2D eigenvalue weighted by Gasteiger charge is 2.49. The number of fused-ring (bicyclic) bond motifs is 2. The minimum Gasteiger partial charge on any atom is -0.507 e. The number of hydrogen-bond acceptors (Lipinski definition) is 6. The maximum atomic E-state index is 13.4. The number of Topliss-reactive ketones (excluding diaryl/α,β-unsaturated/α-hetero) is 1. The monoisotopic (exact) mass is 440 g/mol. The Morgan fingerprint density at radius 3 is 2.26 bits per heavy atom. The molecule has 4 rings (SSSR count). The second-order valence-electron chi connectivity index (χ2n) is 8.07. The van der Waals surface area contributed by atoms with Gasteiger partial charge in [0.1, 0.15) is 41.2 Å². The number of carbonyl (C=O) groups excluding carboxylic acids is 1. The van der Waals surface area contributed by atoms with E-state index >= 15 is 0 Å². The highest BCUT2D eigenvalue weighted by molar-refractivity contribution is 6.13. The van der Waals surface area contributed by atoms with Crippen LogP contribution < -0.4 is 0 Å². The van der Waals surface area contributed by atoms with E-state index in [1.165, 1.54) is 18.2 Å². The maximum absolute atomic E-state index is 13.4. The standard InChI is InChI=1S/C28H16N4O2/c1-28-12-5-4-11-23(28)25(18(15-31)16-32)22(27(28)34)10-6-9-21-24(17(13-29)14-30)19-7-2-3-8-20(19)26(21)33/h2-11,33H,12H2,1H3. The molecule has 0 aromatic heterocycles. The molecule has 3 aliphatic rings. The number of carbonyl (C=O) groups is 1. The van der Waals surface area contributed by atoms with Crippen LogP contribution in [0.15, 0.2) is 94.2 Å². The molecule has 0 heterocycles. The molecule has 34 heavy (non-hydrogen) atoms. The van der Waals surface area contributed by atoms with Crippen LogP contribution in [0.2, 0.25) is 0 Å². The van der Waals surface area contributed by atoms with Crippen molar-refractivity contribution in [3.05, 3.63) is 105 Å². The Kier molecular flexibility index (Phi) is 5.45. The van der Waals surface area contributed by atoms with Gasteiger partial charge in [-0.2, -0.15) is 21.0 Å². The number of nitrogens with zero attached hydrogens (tertiary/aromatic N) is 4. The first-order chi connectivity index (χ1) is 16.4. The van der Waals surface area contributed by atoms with Gasteiger partial charge in [0.15, 0.2) is 5.78 Å². The first-order valence-electron chi connectivity index (χ1n) is 10.4. The van der Waals surface area contributed by atoms with Crippen molar-refractivity contribution in [3.8, 4) is 24.3 Å². The highest BCUT2D eigenvalue weighted by Crippen LogP contribution is 2.51. The summed E-state index contributed by atoms with van der Waals surface area (Å²) < 4.78 is 0. The van der Waals surface area contributed by atoms with Crippen LogP contribution in [0.3, 0.4) is 0 Å². The average molecular weight is 440 g/mol. The number of nitriles is 4. The van der Waals surface area contributed by atoms with Crippen molar-refractivity contribution in [2.45, 2.75) is 13.3 Å². The predicted molar refractivity (Wildman–Crippen MR) is 125 cm³/mol. The second-order valence-corrected chi connectivity index (χ2v) is 8.07. The molecule has 0 bridgehead atoms. The predicted octanol–water partition coefficient (Wildman–Crippen LogP) is 5.07. The number of rotatable bonds is 2. The molecule has 1 aromatic rings. The summed E-state index contributed by atoms with van der Waals surface area (Å²) in [5, 5.41) is 48.7. The van der Waals surface area contributed by atoms with Gasteiger partial charge in [-0.1, -0.05) is 60.7 Å². The van der Waals surface area contributed by atoms with E-state index in [1.807, 2.05) is 30.4 Å². The van der Waals surface area contributed by atoms with Crippen LogP contribution in [0.1, 0.15) is 24.5 Å². The Morgan fingerprint density at radius 1 is 1.00 bits per heavy atom. The quantitative estimate of drug-likeness (QED) is 0.504. The van der Waals surface area contributed by atoms with E-state index < -0.39 is 5.41 Å². The normalized spacial score (nSPS) is 21.5. The third kappa shape index (κ3) is 3.11. The maximum Gasteiger partial charge on any atom is 0.174 e. The molecule has 1 unspecified atom stereocenters. The van der Waals surface area contributed by atoms with Gasteiger partial charge in [-0.25, -0.2) is 0 Å². The van der Waals surface area contributed by atoms with Crippen molar-refractivity contribution in [2.24, 2.45) is 5.41 Å². The van der Waals surface area contributed by atoms with Gasteiger partial charge in [-0.05, 0) is 24.5 Å². The van der Waals surface area contributed by atoms with Crippen molar-refractivity contribution in [2.75, 3.05) is 0 Å². The van der Waals surface area contributed by atoms with Crippen molar-refractivity contribution >= 4 is 17.1 Å². The van der Waals surface area contributed by atoms with E-state index in [1.54, 1.807) is 43.3 Å². The third-order valence-corrected chi connectivity index (χ3v) is 6.25. The minimum atomic E-state index is -0.868. The molecule has 1 aromatic carbocycles. The SMILES string of the molecule is CC12CC=CC=C1C(=C(C#N)C#N)C(=CC=CC1=C(O)c3ccccc3C1=C(C#N)C#N)C2=O. The third-order valence-electron chi connectivity index (χ3n) is 6.25. The fourth-order valence-electron chi connectivity index (χ4n) is 4.58. The van der Waals surface area contributed by atoms with Crippen molar-refractivity contribution in [1.82, 2.24) is 0 Å². The van der Waals surface area contributed by atoms with Gasteiger partial charge in [-0.15, -0.1) is 0 Å². The Bertz CT molecular complexity index is 1510. The summed E-state index contributed by atoms with van der Waals surface area (Å²) in [6.07, 6.45) is 10.4. The van der Waals surface area contributed by atoms with Crippen molar-refractivity contribution in [3.63, 3.8) is 0 Å². The number of ketones is 1. The van der Waals surface area contributed by atoms with Crippen LogP contribution >= 0.6 is 0 Å². The molecular weight excluding hydrogens is 424 g/mol. The lowest BCUT2D eigenvalue weighted by atomic mass is 9.77. The van der Waals surface area contributed by atoms with E-state index in [0.29, 0.717) is 34.3 Å². The van der Waals surface area contributed by atoms with Crippen LogP contribution in [-0.2, 0) is 4.79 Å². The van der Waals surface area contributed by atoms with E-state index in [4.69, 9.17) is 0 Å². The smallest absolute Gasteiger partial charge is 0.174 e. The molecule has 1 saturated carbocycles. The zero-order valence-electron chi connectivity index (χ0n) is 18.1. The molecule has 6 heteroatoms. The zero-order valence-corrected chi connectivity index (χ0v) is 18.1. The van der Waals surface area contributed by atoms with Crippen LogP contribution in [0.5, 0.6) is 0 Å². The van der Waals surface area contributed by atoms with Gasteiger partial charge in [0.25, 0.3) is 0 Å². The number of hydrogen-bond donors (Lipinski definition) is 1. The molecule has 0 spiro atoms. The van der Waals surface area contributed by atoms with E-state index in [0.717, 1.165) is 0 Å². The van der Waals surface area contributed by atoms with Gasteiger partial charge in [0.05, 0.1) is 5.41 Å². The molecule has 0 saturated heterocycles. The lowest BCUT2D eigenvalue weighted by Gasteiger charge is -2.24. The van der Waals surface area contributed by atoms with Gasteiger partial charge < -0.3 is 5.11 Å². The first-order valence-corrected chi connectivity index (χ1v) is 10.4. The number of aliphatic hydroxyl groups excluding tert-OH is 1. The fraction of sp³-hybridized carbons (Fsp3) is 0.107. The molecule has 3 aliphatic carbocycles. The first kappa shape index (κ1) is 22.0. The lowest BCUT2D eigenvalue weighted by molar-refractivity contribution is -0.120. The summed E-state index contributed by atoms with van der Waals surface area (Å²) in [5.74, 6) is -0.289. The molecule has 0 radical (unpaired) electrons. The van der Waals surface area contributed by atoms with Crippen molar-refractivity contribution < 1.29 is 9.90 Å². The summed E-state index contributed by atoms with van der Waals surface area (Å²) >= 11 is 0. The molecule has 1 fully saturated rings. The van der Waals surface area contributed by atoms with Crippen LogP contribution in [0, 0.1) is 50.7 Å². The average Bonchev–Trinajstić information content (AvgIpc) is 3.25. The number of allylic oxidation sites excluding steroid dienone is 13. The van der Waals surface area contributed by atoms with Gasteiger partial charge in [0, 0.05) is 27.9 Å². The Balaban J connectivity index is 1.87. The molecule has 1 N–H and O–H groups in total. The van der Waals surface area contributed by atoms with Crippen LogP contribution in [0.4, 0.5) is 0 Å². The molecule has 160 valence electrons. The lowest BCUT2D eigenvalue weighted by Crippen LogP contribution is -2.24. The van der Waals surface area contributed by atoms with Crippen molar-refractivity contribution in [1.29, 1.82) is 21.0 Å². The number of benzene rings is 1. The van der Waals surface area contributed by atoms with Crippen LogP contribution in [0.25, 0.3) is 11.3 Å². The van der Waals surface area contributed by atoms with Gasteiger partial charge in [0.2, 0.25) is 0 Å². The fourth-order valence-corrected chi connectivity index (χ4v) is 4.58. The summed E-state index contributed by atoms with van der Waals surface area (Å²) in [6, 6.07) is 14.4. The minimum absolute atomic E-state index is 0.0842. The Hall–Kier alpha value is -5.17. The van der Waals surface area contributed by atoms with E-state index in [2.05, 4.69) is 0 Å².